The van der Waals surface area contributed by atoms with Crippen LogP contribution in [0.1, 0.15) is 147 Å². The number of rotatable bonds is 5. The van der Waals surface area contributed by atoms with Crippen LogP contribution in [0, 0.1) is 90.0 Å². The molecule has 3 aliphatic carbocycles. The minimum Gasteiger partial charge on any atom is -0.264 e. The molecule has 3 aliphatic rings. The van der Waals surface area contributed by atoms with Crippen molar-refractivity contribution in [1.29, 1.82) is 0 Å². The molecule has 16 aromatic rings. The van der Waals surface area contributed by atoms with Gasteiger partial charge in [0.25, 0.3) is 0 Å². The number of hydrogen-bond acceptors (Lipinski definition) is 5. The average molecular weight is 1540 g/mol. The Balaban J connectivity index is 0.000000125. The molecule has 0 aliphatic heterocycles. The molecule has 5 aromatic heterocycles. The molecular weight excluding hydrogens is 1430 g/mol. The second kappa shape index (κ2) is 37.8. The Kier molecular flexibility index (Phi) is 27.1. The molecule has 0 unspecified atom stereocenters. The first-order chi connectivity index (χ1) is 56.7. The lowest BCUT2D eigenvalue weighted by Crippen LogP contribution is -2.17. The first-order valence-electron chi connectivity index (χ1n) is 41.2. The zero-order valence-corrected chi connectivity index (χ0v) is 72.6. The van der Waals surface area contributed by atoms with Gasteiger partial charge in [-0.05, 0) is 255 Å². The highest BCUT2D eigenvalue weighted by Gasteiger charge is 2.39. The van der Waals surface area contributed by atoms with E-state index < -0.39 is 0 Å². The molecule has 0 saturated carbocycles. The van der Waals surface area contributed by atoms with Crippen LogP contribution >= 0.6 is 0 Å². The van der Waals surface area contributed by atoms with Crippen LogP contribution < -0.4 is 0 Å². The van der Waals surface area contributed by atoms with E-state index in [0.29, 0.717) is 0 Å². The quantitative estimate of drug-likeness (QED) is 0.172. The molecule has 0 spiro atoms. The lowest BCUT2D eigenvalue weighted by atomic mass is 9.79. The summed E-state index contributed by atoms with van der Waals surface area (Å²) in [5, 5.41) is 0. The monoisotopic (exact) mass is 1540 g/mol. The lowest BCUT2D eigenvalue weighted by Gasteiger charge is -2.24. The second-order valence-electron chi connectivity index (χ2n) is 33.2. The molecule has 0 bridgehead atoms. The van der Waals surface area contributed by atoms with Crippen molar-refractivity contribution in [3.05, 3.63) is 446 Å². The average Bonchev–Trinajstić information content (AvgIpc) is 1.53. The molecule has 0 N–H and O–H groups in total. The lowest BCUT2D eigenvalue weighted by molar-refractivity contribution is 0.654. The maximum Gasteiger partial charge on any atom is 0.0731 e. The highest BCUT2D eigenvalue weighted by molar-refractivity contribution is 5.86. The minimum absolute atomic E-state index is 0.133. The van der Waals surface area contributed by atoms with Gasteiger partial charge in [0, 0.05) is 75.2 Å². The fourth-order valence-corrected chi connectivity index (χ4v) is 16.8. The van der Waals surface area contributed by atoms with E-state index in [1.807, 2.05) is 154 Å². The second-order valence-corrected chi connectivity index (χ2v) is 33.2. The largest absolute Gasteiger partial charge is 0.264 e. The van der Waals surface area contributed by atoms with Crippen LogP contribution in [0.2, 0.25) is 0 Å². The van der Waals surface area contributed by atoms with Crippen LogP contribution in [0.4, 0.5) is 0 Å². The third-order valence-electron chi connectivity index (χ3n) is 23.0. The Labute approximate surface area is 703 Å². The number of aromatic nitrogens is 5. The van der Waals surface area contributed by atoms with Gasteiger partial charge in [0.15, 0.2) is 0 Å². The molecule has 590 valence electrons. The van der Waals surface area contributed by atoms with E-state index in [2.05, 4.69) is 337 Å². The van der Waals surface area contributed by atoms with Gasteiger partial charge in [0.2, 0.25) is 0 Å². The summed E-state index contributed by atoms with van der Waals surface area (Å²) in [5.41, 5.74) is 46.4. The molecule has 118 heavy (non-hydrogen) atoms. The van der Waals surface area contributed by atoms with Gasteiger partial charge in [-0.2, -0.15) is 0 Å². The van der Waals surface area contributed by atoms with Crippen molar-refractivity contribution in [1.82, 2.24) is 24.9 Å². The van der Waals surface area contributed by atoms with Gasteiger partial charge in [0.05, 0.1) is 22.8 Å². The van der Waals surface area contributed by atoms with Gasteiger partial charge in [-0.25, -0.2) is 0 Å². The third kappa shape index (κ3) is 19.8. The van der Waals surface area contributed by atoms with Crippen LogP contribution in [0.15, 0.2) is 340 Å². The SMILES string of the molecule is Cc1cc(C)c2c(c1)-c1ccc(C)cc1C2(C)C.Cc1cc(C)c2c(c1)C(C)(C)c1ccccc1-2.Cc1cc2c(c(C)c1C)C(C)(C)c1ccccc1-2.Cc1ccc(-c2ccccc2)nc1.Cc1ccc(-c2cccnc2)cc1.Cc1cccc(-c2ccccc2)n1.Cc1cccnc1-c1ccccc1.Cc1ccnc(-c2ccccc2)c1. The summed E-state index contributed by atoms with van der Waals surface area (Å²) in [7, 11) is 0. The molecule has 0 saturated heterocycles. The number of nitrogens with zero attached hydrogens (tertiary/aromatic N) is 5. The fraction of sp³-hybridized carbons (Fsp3) is 0.195. The van der Waals surface area contributed by atoms with E-state index in [1.54, 1.807) is 6.20 Å². The maximum atomic E-state index is 4.44. The number of benzene rings is 11. The van der Waals surface area contributed by atoms with Gasteiger partial charge in [-0.15, -0.1) is 0 Å². The molecule has 5 heterocycles. The summed E-state index contributed by atoms with van der Waals surface area (Å²) >= 11 is 0. The van der Waals surface area contributed by atoms with Crippen molar-refractivity contribution < 1.29 is 0 Å². The maximum absolute atomic E-state index is 4.44. The van der Waals surface area contributed by atoms with Crippen LogP contribution in [-0.2, 0) is 16.2 Å². The smallest absolute Gasteiger partial charge is 0.0731 e. The third-order valence-corrected chi connectivity index (χ3v) is 23.0. The molecule has 0 radical (unpaired) electrons. The molecule has 11 aromatic carbocycles. The Hall–Kier alpha value is -12.8. The Bertz CT molecular complexity index is 5900. The molecule has 0 amide bonds. The Morgan fingerprint density at radius 1 is 0.229 bits per heavy atom. The van der Waals surface area contributed by atoms with Gasteiger partial charge in [-0.1, -0.05) is 331 Å². The van der Waals surface area contributed by atoms with Crippen molar-refractivity contribution in [2.24, 2.45) is 0 Å². The summed E-state index contributed by atoms with van der Waals surface area (Å²) in [6.07, 6.45) is 9.23. The van der Waals surface area contributed by atoms with E-state index in [0.717, 1.165) is 28.5 Å². The number of pyridine rings is 5. The van der Waals surface area contributed by atoms with Gasteiger partial charge >= 0.3 is 0 Å². The number of fused-ring (bicyclic) bond motifs is 9. The summed E-state index contributed by atoms with van der Waals surface area (Å²) < 4.78 is 0. The predicted octanol–water partition coefficient (Wildman–Crippen LogP) is 29.7. The highest BCUT2D eigenvalue weighted by Crippen LogP contribution is 2.53. The molecule has 19 rings (SSSR count). The zero-order chi connectivity index (χ0) is 83.8. The number of aryl methyl sites for hydroxylation is 11. The van der Waals surface area contributed by atoms with E-state index in [-0.39, 0.29) is 16.2 Å². The molecule has 0 fully saturated rings. The summed E-state index contributed by atoms with van der Waals surface area (Å²) in [6.45, 7) is 42.1. The first kappa shape index (κ1) is 84.6. The molecule has 0 atom stereocenters. The normalized spacial score (nSPS) is 12.4. The van der Waals surface area contributed by atoms with Crippen LogP contribution in [0.5, 0.6) is 0 Å². The van der Waals surface area contributed by atoms with Crippen molar-refractivity contribution in [2.45, 2.75) is 148 Å². The van der Waals surface area contributed by atoms with Crippen LogP contribution in [0.25, 0.3) is 89.5 Å². The van der Waals surface area contributed by atoms with Crippen molar-refractivity contribution in [2.75, 3.05) is 0 Å². The van der Waals surface area contributed by atoms with E-state index in [4.69, 9.17) is 0 Å². The van der Waals surface area contributed by atoms with Gasteiger partial charge in [0.1, 0.15) is 0 Å². The zero-order valence-electron chi connectivity index (χ0n) is 72.6. The van der Waals surface area contributed by atoms with Crippen molar-refractivity contribution in [3.63, 3.8) is 0 Å². The van der Waals surface area contributed by atoms with Gasteiger partial charge < -0.3 is 0 Å². The fourth-order valence-electron chi connectivity index (χ4n) is 16.8. The van der Waals surface area contributed by atoms with Crippen molar-refractivity contribution in [3.8, 4) is 89.5 Å². The van der Waals surface area contributed by atoms with Crippen LogP contribution in [0.3, 0.4) is 0 Å². The van der Waals surface area contributed by atoms with Crippen molar-refractivity contribution >= 4 is 0 Å². The van der Waals surface area contributed by atoms with Crippen LogP contribution in [-0.4, -0.2) is 24.9 Å². The molecular formula is C113H113N5. The standard InChI is InChI=1S/2C18H20.C17H18.5C12H11N/c1-11-6-7-14-15-9-12(2)8-13(3)17(15)18(4,5)16(14)10-11;1-11-10-15-14-8-6-7-9-16(14)18(4,5)17(15)13(3)12(11)2;1-11-9-12(2)16-13-7-5-6-8-14(13)17(3,4)15(16)10-11;1-10-4-6-11(7-5-10)12-3-2-8-13-9-12;1-10-6-5-9-13-12(10)11-7-3-2-4-8-11;1-10-6-5-9-12(13-10)11-7-3-2-4-8-11;1-10-7-8-13-12(9-10)11-5-3-2-4-6-11;1-10-7-8-12(13-9-10)11-5-3-2-4-6-11/h2*6-10H,1-5H3;5-10H,1-4H3;5*2-9H,1H3. The van der Waals surface area contributed by atoms with E-state index in [1.165, 1.54) is 167 Å². The highest BCUT2D eigenvalue weighted by atomic mass is 14.7. The first-order valence-corrected chi connectivity index (χ1v) is 41.2. The van der Waals surface area contributed by atoms with E-state index in [9.17, 15) is 0 Å². The summed E-state index contributed by atoms with van der Waals surface area (Å²) in [4.78, 5) is 21.5. The topological polar surface area (TPSA) is 64.5 Å². The Morgan fingerprint density at radius 3 is 1.34 bits per heavy atom. The van der Waals surface area contributed by atoms with E-state index >= 15 is 0 Å². The van der Waals surface area contributed by atoms with Gasteiger partial charge in [-0.3, -0.25) is 24.9 Å². The summed E-state index contributed by atoms with van der Waals surface area (Å²) in [5.74, 6) is 0. The summed E-state index contributed by atoms with van der Waals surface area (Å²) in [6, 6.07) is 108. The Morgan fingerprint density at radius 2 is 0.737 bits per heavy atom. The number of hydrogen-bond donors (Lipinski definition) is 0. The predicted molar refractivity (Wildman–Crippen MR) is 502 cm³/mol. The molecule has 5 heteroatoms. The minimum atomic E-state index is 0.133. The molecule has 5 nitrogen and oxygen atoms in total.